The summed E-state index contributed by atoms with van der Waals surface area (Å²) in [4.78, 5) is 11.4. The standard InChI is InChI=1S/C15H28N4/c1-7-8-16-15-17-13(6)9-14(18-15)19(12(4)5)10-11(2)3/h9,11-12H,7-8,10H2,1-6H3,(H,16,17,18). The molecule has 0 radical (unpaired) electrons. The summed E-state index contributed by atoms with van der Waals surface area (Å²) >= 11 is 0. The summed E-state index contributed by atoms with van der Waals surface area (Å²) in [5, 5.41) is 3.27. The number of hydrogen-bond acceptors (Lipinski definition) is 4. The molecule has 0 saturated carbocycles. The maximum Gasteiger partial charge on any atom is 0.224 e. The number of nitrogens with zero attached hydrogens (tertiary/aromatic N) is 3. The number of aryl methyl sites for hydroxylation is 1. The van der Waals surface area contributed by atoms with Gasteiger partial charge in [-0.1, -0.05) is 20.8 Å². The molecule has 0 aromatic carbocycles. The van der Waals surface area contributed by atoms with Crippen LogP contribution in [0.5, 0.6) is 0 Å². The van der Waals surface area contributed by atoms with Crippen LogP contribution < -0.4 is 10.2 Å². The molecule has 0 saturated heterocycles. The monoisotopic (exact) mass is 264 g/mol. The molecule has 0 aliphatic heterocycles. The highest BCUT2D eigenvalue weighted by Crippen LogP contribution is 2.19. The zero-order valence-corrected chi connectivity index (χ0v) is 13.2. The Labute approximate surface area is 117 Å². The van der Waals surface area contributed by atoms with Gasteiger partial charge < -0.3 is 10.2 Å². The molecule has 4 heteroatoms. The third-order valence-electron chi connectivity index (χ3n) is 2.85. The number of nitrogens with one attached hydrogen (secondary N) is 1. The molecular formula is C15H28N4. The van der Waals surface area contributed by atoms with Crippen molar-refractivity contribution in [1.82, 2.24) is 9.97 Å². The second kappa shape index (κ2) is 7.31. The SMILES string of the molecule is CCCNc1nc(C)cc(N(CC(C)C)C(C)C)n1. The van der Waals surface area contributed by atoms with Crippen molar-refractivity contribution in [3.8, 4) is 0 Å². The van der Waals surface area contributed by atoms with Gasteiger partial charge in [-0.25, -0.2) is 4.98 Å². The first kappa shape index (κ1) is 15.7. The molecule has 0 fully saturated rings. The van der Waals surface area contributed by atoms with E-state index in [1.165, 1.54) is 0 Å². The summed E-state index contributed by atoms with van der Waals surface area (Å²) in [6.45, 7) is 15.0. The minimum atomic E-state index is 0.440. The fraction of sp³-hybridized carbons (Fsp3) is 0.733. The Hall–Kier alpha value is -1.32. The Kier molecular flexibility index (Phi) is 6.06. The quantitative estimate of drug-likeness (QED) is 0.818. The summed E-state index contributed by atoms with van der Waals surface area (Å²) in [5.41, 5.74) is 1.01. The van der Waals surface area contributed by atoms with E-state index in [1.54, 1.807) is 0 Å². The third kappa shape index (κ3) is 5.05. The molecule has 1 rings (SSSR count). The molecule has 0 atom stereocenters. The summed E-state index contributed by atoms with van der Waals surface area (Å²) < 4.78 is 0. The first-order valence-corrected chi connectivity index (χ1v) is 7.30. The van der Waals surface area contributed by atoms with Crippen LogP contribution in [0.25, 0.3) is 0 Å². The van der Waals surface area contributed by atoms with Crippen molar-refractivity contribution in [2.45, 2.75) is 54.0 Å². The van der Waals surface area contributed by atoms with Gasteiger partial charge in [0.1, 0.15) is 5.82 Å². The van der Waals surface area contributed by atoms with Crippen LogP contribution in [0.1, 0.15) is 46.7 Å². The normalized spacial score (nSPS) is 11.2. The Morgan fingerprint density at radius 3 is 2.42 bits per heavy atom. The molecule has 1 aromatic rings. The number of aromatic nitrogens is 2. The Bertz CT molecular complexity index is 388. The predicted octanol–water partition coefficient (Wildman–Crippen LogP) is 3.48. The molecule has 19 heavy (non-hydrogen) atoms. The van der Waals surface area contributed by atoms with Crippen molar-refractivity contribution >= 4 is 11.8 Å². The molecule has 0 unspecified atom stereocenters. The molecule has 1 heterocycles. The van der Waals surface area contributed by atoms with Gasteiger partial charge in [0, 0.05) is 30.9 Å². The average Bonchev–Trinajstić information content (AvgIpc) is 2.32. The van der Waals surface area contributed by atoms with Crippen LogP contribution in [0.3, 0.4) is 0 Å². The molecule has 0 aliphatic carbocycles. The molecule has 108 valence electrons. The van der Waals surface area contributed by atoms with Crippen molar-refractivity contribution < 1.29 is 0 Å². The number of rotatable bonds is 7. The minimum Gasteiger partial charge on any atom is -0.354 e. The lowest BCUT2D eigenvalue weighted by Gasteiger charge is -2.30. The van der Waals surface area contributed by atoms with E-state index in [0.717, 1.165) is 37.0 Å². The van der Waals surface area contributed by atoms with Crippen LogP contribution in [-0.4, -0.2) is 29.1 Å². The van der Waals surface area contributed by atoms with Gasteiger partial charge in [0.25, 0.3) is 0 Å². The van der Waals surface area contributed by atoms with Gasteiger partial charge >= 0.3 is 0 Å². The summed E-state index contributed by atoms with van der Waals surface area (Å²) in [6, 6.07) is 2.51. The van der Waals surface area contributed by atoms with Gasteiger partial charge in [0.05, 0.1) is 0 Å². The van der Waals surface area contributed by atoms with Crippen LogP contribution in [0.4, 0.5) is 11.8 Å². The fourth-order valence-electron chi connectivity index (χ4n) is 1.98. The second-order valence-corrected chi connectivity index (χ2v) is 5.76. The van der Waals surface area contributed by atoms with Crippen molar-refractivity contribution in [3.63, 3.8) is 0 Å². The Morgan fingerprint density at radius 2 is 1.89 bits per heavy atom. The van der Waals surface area contributed by atoms with Crippen molar-refractivity contribution in [2.24, 2.45) is 5.92 Å². The lowest BCUT2D eigenvalue weighted by molar-refractivity contribution is 0.565. The van der Waals surface area contributed by atoms with Gasteiger partial charge in [0.2, 0.25) is 5.95 Å². The maximum absolute atomic E-state index is 4.65. The Morgan fingerprint density at radius 1 is 1.21 bits per heavy atom. The van der Waals surface area contributed by atoms with E-state index in [0.29, 0.717) is 12.0 Å². The molecule has 0 amide bonds. The van der Waals surface area contributed by atoms with E-state index in [2.05, 4.69) is 60.9 Å². The number of hydrogen-bond donors (Lipinski definition) is 1. The predicted molar refractivity (Wildman–Crippen MR) is 82.9 cm³/mol. The highest BCUT2D eigenvalue weighted by Gasteiger charge is 2.15. The van der Waals surface area contributed by atoms with Crippen LogP contribution in [0, 0.1) is 12.8 Å². The van der Waals surface area contributed by atoms with Gasteiger partial charge in [-0.2, -0.15) is 4.98 Å². The van der Waals surface area contributed by atoms with Crippen LogP contribution in [0.2, 0.25) is 0 Å². The van der Waals surface area contributed by atoms with Gasteiger partial charge in [-0.05, 0) is 33.1 Å². The molecular weight excluding hydrogens is 236 g/mol. The maximum atomic E-state index is 4.65. The van der Waals surface area contributed by atoms with Gasteiger partial charge in [-0.15, -0.1) is 0 Å². The van der Waals surface area contributed by atoms with Gasteiger partial charge in [-0.3, -0.25) is 0 Å². The van der Waals surface area contributed by atoms with E-state index in [4.69, 9.17) is 0 Å². The summed E-state index contributed by atoms with van der Waals surface area (Å²) in [6.07, 6.45) is 1.08. The largest absolute Gasteiger partial charge is 0.354 e. The Balaban J connectivity index is 2.98. The van der Waals surface area contributed by atoms with E-state index < -0.39 is 0 Å². The zero-order valence-electron chi connectivity index (χ0n) is 13.2. The zero-order chi connectivity index (χ0) is 14.4. The van der Waals surface area contributed by atoms with Crippen LogP contribution in [0.15, 0.2) is 6.07 Å². The minimum absolute atomic E-state index is 0.440. The lowest BCUT2D eigenvalue weighted by atomic mass is 10.2. The fourth-order valence-corrected chi connectivity index (χ4v) is 1.98. The molecule has 1 N–H and O–H groups in total. The molecule has 0 bridgehead atoms. The highest BCUT2D eigenvalue weighted by atomic mass is 15.2. The van der Waals surface area contributed by atoms with E-state index in [9.17, 15) is 0 Å². The van der Waals surface area contributed by atoms with Gasteiger partial charge in [0.15, 0.2) is 0 Å². The summed E-state index contributed by atoms with van der Waals surface area (Å²) in [5.74, 6) is 2.38. The summed E-state index contributed by atoms with van der Waals surface area (Å²) in [7, 11) is 0. The van der Waals surface area contributed by atoms with Crippen LogP contribution >= 0.6 is 0 Å². The van der Waals surface area contributed by atoms with Crippen molar-refractivity contribution in [3.05, 3.63) is 11.8 Å². The second-order valence-electron chi connectivity index (χ2n) is 5.76. The van der Waals surface area contributed by atoms with E-state index in [1.807, 2.05) is 6.92 Å². The lowest BCUT2D eigenvalue weighted by Crippen LogP contribution is -2.35. The van der Waals surface area contributed by atoms with Crippen molar-refractivity contribution in [1.29, 1.82) is 0 Å². The smallest absolute Gasteiger partial charge is 0.224 e. The van der Waals surface area contributed by atoms with Crippen LogP contribution in [-0.2, 0) is 0 Å². The van der Waals surface area contributed by atoms with Crippen molar-refractivity contribution in [2.75, 3.05) is 23.3 Å². The van der Waals surface area contributed by atoms with E-state index in [-0.39, 0.29) is 0 Å². The molecule has 4 nitrogen and oxygen atoms in total. The average molecular weight is 264 g/mol. The third-order valence-corrected chi connectivity index (χ3v) is 2.85. The first-order valence-electron chi connectivity index (χ1n) is 7.30. The topological polar surface area (TPSA) is 41.1 Å². The molecule has 0 aliphatic rings. The molecule has 0 spiro atoms. The first-order chi connectivity index (χ1) is 8.93. The molecule has 1 aromatic heterocycles. The highest BCUT2D eigenvalue weighted by molar-refractivity contribution is 5.45. The number of anilines is 2. The van der Waals surface area contributed by atoms with E-state index >= 15 is 0 Å².